The van der Waals surface area contributed by atoms with Crippen LogP contribution < -0.4 is 5.32 Å². The maximum absolute atomic E-state index is 10.7. The van der Waals surface area contributed by atoms with E-state index in [0.29, 0.717) is 6.04 Å². The summed E-state index contributed by atoms with van der Waals surface area (Å²) in [6, 6.07) is 7.41. The summed E-state index contributed by atoms with van der Waals surface area (Å²) < 4.78 is 0. The van der Waals surface area contributed by atoms with Crippen LogP contribution in [0.15, 0.2) is 24.3 Å². The van der Waals surface area contributed by atoms with Crippen LogP contribution in [-0.2, 0) is 6.54 Å². The van der Waals surface area contributed by atoms with Gasteiger partial charge in [-0.1, -0.05) is 19.1 Å². The second-order valence-corrected chi connectivity index (χ2v) is 4.66. The molecule has 1 aromatic carbocycles. The summed E-state index contributed by atoms with van der Waals surface area (Å²) in [6.45, 7) is 2.90. The van der Waals surface area contributed by atoms with Gasteiger partial charge in [0.15, 0.2) is 0 Å². The Labute approximate surface area is 101 Å². The first-order chi connectivity index (χ1) is 8.20. The highest BCUT2D eigenvalue weighted by molar-refractivity contribution is 5.34. The number of rotatable bonds is 6. The van der Waals surface area contributed by atoms with Gasteiger partial charge in [0.1, 0.15) is 0 Å². The maximum atomic E-state index is 10.7. The minimum Gasteiger partial charge on any atom is -0.310 e. The van der Waals surface area contributed by atoms with E-state index in [9.17, 15) is 10.1 Å². The Morgan fingerprint density at radius 1 is 1.53 bits per heavy atom. The SMILES string of the molecule is CCC(NCc1cccc([N+](=O)[O-])c1)C1CC1. The predicted octanol–water partition coefficient (Wildman–Crippen LogP) is 2.87. The van der Waals surface area contributed by atoms with Crippen LogP contribution in [0.2, 0.25) is 0 Å². The topological polar surface area (TPSA) is 55.2 Å². The fourth-order valence-corrected chi connectivity index (χ4v) is 2.17. The van der Waals surface area contributed by atoms with Gasteiger partial charge in [0, 0.05) is 24.7 Å². The Hall–Kier alpha value is -1.42. The minimum atomic E-state index is -0.346. The number of nitrogens with one attached hydrogen (secondary N) is 1. The molecule has 0 aromatic heterocycles. The van der Waals surface area contributed by atoms with Crippen LogP contribution in [0.3, 0.4) is 0 Å². The Kier molecular flexibility index (Phi) is 3.74. The molecule has 0 heterocycles. The smallest absolute Gasteiger partial charge is 0.269 e. The summed E-state index contributed by atoms with van der Waals surface area (Å²) in [6.07, 6.45) is 3.76. The van der Waals surface area contributed by atoms with Gasteiger partial charge in [0.05, 0.1) is 4.92 Å². The van der Waals surface area contributed by atoms with Gasteiger partial charge in [-0.15, -0.1) is 0 Å². The summed E-state index contributed by atoms with van der Waals surface area (Å²) in [7, 11) is 0. The fourth-order valence-electron chi connectivity index (χ4n) is 2.17. The summed E-state index contributed by atoms with van der Waals surface area (Å²) in [4.78, 5) is 10.3. The lowest BCUT2D eigenvalue weighted by molar-refractivity contribution is -0.384. The molecule has 4 heteroatoms. The number of nitrogens with zero attached hydrogens (tertiary/aromatic N) is 1. The Balaban J connectivity index is 1.93. The predicted molar refractivity (Wildman–Crippen MR) is 66.7 cm³/mol. The number of hydrogen-bond acceptors (Lipinski definition) is 3. The van der Waals surface area contributed by atoms with Gasteiger partial charge in [-0.25, -0.2) is 0 Å². The zero-order valence-electron chi connectivity index (χ0n) is 10.1. The molecule has 0 amide bonds. The molecule has 1 saturated carbocycles. The molecule has 2 rings (SSSR count). The molecule has 1 fully saturated rings. The molecular weight excluding hydrogens is 216 g/mol. The number of non-ortho nitro benzene ring substituents is 1. The number of benzene rings is 1. The first-order valence-corrected chi connectivity index (χ1v) is 6.17. The van der Waals surface area contributed by atoms with Gasteiger partial charge >= 0.3 is 0 Å². The molecule has 1 aliphatic rings. The number of nitro benzene ring substituents is 1. The average Bonchev–Trinajstić information content (AvgIpc) is 3.15. The van der Waals surface area contributed by atoms with Crippen LogP contribution in [0.25, 0.3) is 0 Å². The van der Waals surface area contributed by atoms with E-state index in [1.807, 2.05) is 6.07 Å². The minimum absolute atomic E-state index is 0.170. The molecule has 92 valence electrons. The van der Waals surface area contributed by atoms with Crippen molar-refractivity contribution in [2.24, 2.45) is 5.92 Å². The van der Waals surface area contributed by atoms with Crippen molar-refractivity contribution in [3.05, 3.63) is 39.9 Å². The second kappa shape index (κ2) is 5.27. The first-order valence-electron chi connectivity index (χ1n) is 6.17. The van der Waals surface area contributed by atoms with Crippen LogP contribution in [0.1, 0.15) is 31.7 Å². The molecule has 0 aliphatic heterocycles. The Morgan fingerprint density at radius 2 is 2.29 bits per heavy atom. The largest absolute Gasteiger partial charge is 0.310 e. The standard InChI is InChI=1S/C13H18N2O2/c1-2-13(11-6-7-11)14-9-10-4-3-5-12(8-10)15(16)17/h3-5,8,11,13-14H,2,6-7,9H2,1H3. The van der Waals surface area contributed by atoms with Gasteiger partial charge in [-0.05, 0) is 30.7 Å². The van der Waals surface area contributed by atoms with Crippen molar-refractivity contribution in [2.75, 3.05) is 0 Å². The first kappa shape index (κ1) is 12.0. The van der Waals surface area contributed by atoms with Crippen molar-refractivity contribution in [3.8, 4) is 0 Å². The molecule has 0 bridgehead atoms. The van der Waals surface area contributed by atoms with Crippen LogP contribution >= 0.6 is 0 Å². The zero-order valence-corrected chi connectivity index (χ0v) is 10.1. The third kappa shape index (κ3) is 3.27. The van der Waals surface area contributed by atoms with Crippen molar-refractivity contribution < 1.29 is 4.92 Å². The van der Waals surface area contributed by atoms with E-state index >= 15 is 0 Å². The quantitative estimate of drug-likeness (QED) is 0.608. The normalized spacial score (nSPS) is 16.8. The molecule has 0 radical (unpaired) electrons. The van der Waals surface area contributed by atoms with Gasteiger partial charge in [0.25, 0.3) is 5.69 Å². The lowest BCUT2D eigenvalue weighted by Gasteiger charge is -2.15. The molecule has 17 heavy (non-hydrogen) atoms. The lowest BCUT2D eigenvalue weighted by Crippen LogP contribution is -2.29. The highest BCUT2D eigenvalue weighted by atomic mass is 16.6. The van der Waals surface area contributed by atoms with E-state index in [2.05, 4.69) is 12.2 Å². The van der Waals surface area contributed by atoms with Crippen molar-refractivity contribution >= 4 is 5.69 Å². The summed E-state index contributed by atoms with van der Waals surface area (Å²) in [5.41, 5.74) is 1.15. The Bertz CT molecular complexity index is 402. The number of nitro groups is 1. The molecule has 1 aromatic rings. The lowest BCUT2D eigenvalue weighted by atomic mass is 10.1. The molecule has 1 aliphatic carbocycles. The van der Waals surface area contributed by atoms with E-state index in [0.717, 1.165) is 24.4 Å². The molecule has 1 N–H and O–H groups in total. The molecule has 1 atom stereocenters. The van der Waals surface area contributed by atoms with Gasteiger partial charge in [-0.3, -0.25) is 10.1 Å². The second-order valence-electron chi connectivity index (χ2n) is 4.66. The van der Waals surface area contributed by atoms with E-state index in [1.165, 1.54) is 18.9 Å². The van der Waals surface area contributed by atoms with E-state index in [-0.39, 0.29) is 10.6 Å². The summed E-state index contributed by atoms with van der Waals surface area (Å²) >= 11 is 0. The fraction of sp³-hybridized carbons (Fsp3) is 0.538. The molecule has 4 nitrogen and oxygen atoms in total. The van der Waals surface area contributed by atoms with Crippen molar-refractivity contribution in [1.29, 1.82) is 0 Å². The van der Waals surface area contributed by atoms with E-state index in [1.54, 1.807) is 12.1 Å². The summed E-state index contributed by atoms with van der Waals surface area (Å²) in [5, 5.41) is 14.1. The van der Waals surface area contributed by atoms with Gasteiger partial charge in [-0.2, -0.15) is 0 Å². The highest BCUT2D eigenvalue weighted by Gasteiger charge is 2.29. The van der Waals surface area contributed by atoms with Crippen LogP contribution in [0.4, 0.5) is 5.69 Å². The van der Waals surface area contributed by atoms with Crippen LogP contribution in [-0.4, -0.2) is 11.0 Å². The number of hydrogen-bond donors (Lipinski definition) is 1. The van der Waals surface area contributed by atoms with Crippen LogP contribution in [0.5, 0.6) is 0 Å². The average molecular weight is 234 g/mol. The van der Waals surface area contributed by atoms with Crippen LogP contribution in [0, 0.1) is 16.0 Å². The van der Waals surface area contributed by atoms with E-state index in [4.69, 9.17) is 0 Å². The van der Waals surface area contributed by atoms with Crippen molar-refractivity contribution in [3.63, 3.8) is 0 Å². The third-order valence-corrected chi connectivity index (χ3v) is 3.32. The van der Waals surface area contributed by atoms with Gasteiger partial charge < -0.3 is 5.32 Å². The van der Waals surface area contributed by atoms with Crippen molar-refractivity contribution in [1.82, 2.24) is 5.32 Å². The molecule has 0 spiro atoms. The monoisotopic (exact) mass is 234 g/mol. The Morgan fingerprint density at radius 3 is 2.88 bits per heavy atom. The molecule has 1 unspecified atom stereocenters. The van der Waals surface area contributed by atoms with Gasteiger partial charge in [0.2, 0.25) is 0 Å². The molecule has 0 saturated heterocycles. The zero-order chi connectivity index (χ0) is 12.3. The highest BCUT2D eigenvalue weighted by Crippen LogP contribution is 2.34. The summed E-state index contributed by atoms with van der Waals surface area (Å²) in [5.74, 6) is 0.818. The van der Waals surface area contributed by atoms with Crippen molar-refractivity contribution in [2.45, 2.75) is 38.8 Å². The van der Waals surface area contributed by atoms with E-state index < -0.39 is 0 Å². The molecular formula is C13H18N2O2. The third-order valence-electron chi connectivity index (χ3n) is 3.32. The maximum Gasteiger partial charge on any atom is 0.269 e.